The van der Waals surface area contributed by atoms with Crippen molar-refractivity contribution in [1.82, 2.24) is 4.90 Å². The first-order valence-corrected chi connectivity index (χ1v) is 7.58. The summed E-state index contributed by atoms with van der Waals surface area (Å²) in [4.78, 5) is 2.32. The minimum atomic E-state index is -0.510. The monoisotopic (exact) mass is 329 g/mol. The molecule has 0 aromatic heterocycles. The number of aliphatic hydroxyl groups excluding tert-OH is 1. The van der Waals surface area contributed by atoms with E-state index < -0.39 is 6.10 Å². The zero-order valence-corrected chi connectivity index (χ0v) is 13.1. The van der Waals surface area contributed by atoms with E-state index in [2.05, 4.69) is 34.7 Å². The van der Waals surface area contributed by atoms with Gasteiger partial charge in [-0.15, -0.1) is 0 Å². The van der Waals surface area contributed by atoms with Gasteiger partial charge >= 0.3 is 0 Å². The summed E-state index contributed by atoms with van der Waals surface area (Å²) in [5.41, 5.74) is 0.544. The molecule has 1 aromatic carbocycles. The lowest BCUT2D eigenvalue weighted by Gasteiger charge is -2.39. The molecule has 4 heteroatoms. The molecule has 0 aliphatic carbocycles. The Labute approximate surface area is 122 Å². The number of halogens is 2. The quantitative estimate of drug-likeness (QED) is 0.915. The van der Waals surface area contributed by atoms with E-state index in [0.717, 1.165) is 18.7 Å². The van der Waals surface area contributed by atoms with E-state index >= 15 is 0 Å². The molecule has 2 nitrogen and oxygen atoms in total. The lowest BCUT2D eigenvalue weighted by atomic mass is 9.90. The molecule has 0 saturated carbocycles. The van der Waals surface area contributed by atoms with Crippen LogP contribution < -0.4 is 0 Å². The van der Waals surface area contributed by atoms with E-state index in [4.69, 9.17) is 0 Å². The zero-order chi connectivity index (χ0) is 14.0. The predicted molar refractivity (Wildman–Crippen MR) is 78.7 cm³/mol. The molecule has 1 saturated heterocycles. The molecule has 1 unspecified atom stereocenters. The largest absolute Gasteiger partial charge is 0.391 e. The van der Waals surface area contributed by atoms with E-state index in [1.165, 1.54) is 18.9 Å². The third kappa shape index (κ3) is 3.18. The van der Waals surface area contributed by atoms with E-state index in [0.29, 0.717) is 10.9 Å². The summed E-state index contributed by atoms with van der Waals surface area (Å²) < 4.78 is 14.0. The maximum Gasteiger partial charge on any atom is 0.137 e. The number of likely N-dealkylation sites (tertiary alicyclic amines) is 1. The summed E-state index contributed by atoms with van der Waals surface area (Å²) in [6.45, 7) is 6.20. The van der Waals surface area contributed by atoms with Crippen molar-refractivity contribution in [2.24, 2.45) is 0 Å². The molecule has 1 aliphatic rings. The fourth-order valence-corrected chi connectivity index (χ4v) is 3.09. The Kier molecular flexibility index (Phi) is 4.64. The minimum absolute atomic E-state index is 0.274. The van der Waals surface area contributed by atoms with Crippen LogP contribution in [0.1, 0.15) is 32.3 Å². The number of aliphatic hydroxyl groups is 1. The first-order chi connectivity index (χ1) is 8.93. The Balaban J connectivity index is 2.11. The highest BCUT2D eigenvalue weighted by Gasteiger charge is 2.35. The van der Waals surface area contributed by atoms with Crippen molar-refractivity contribution < 1.29 is 9.50 Å². The molecule has 2 rings (SSSR count). The third-order valence-electron chi connectivity index (χ3n) is 4.18. The van der Waals surface area contributed by atoms with Gasteiger partial charge in [0.1, 0.15) is 5.82 Å². The molecule has 1 aromatic rings. The van der Waals surface area contributed by atoms with Crippen LogP contribution in [0.4, 0.5) is 4.39 Å². The van der Waals surface area contributed by atoms with Crippen LogP contribution in [0.5, 0.6) is 0 Å². The smallest absolute Gasteiger partial charge is 0.137 e. The molecule has 0 radical (unpaired) electrons. The molecule has 1 heterocycles. The molecule has 1 fully saturated rings. The molecule has 1 N–H and O–H groups in total. The van der Waals surface area contributed by atoms with Gasteiger partial charge in [0.05, 0.1) is 10.6 Å². The third-order valence-corrected chi connectivity index (χ3v) is 5.07. The summed E-state index contributed by atoms with van der Waals surface area (Å²) >= 11 is 3.26. The van der Waals surface area contributed by atoms with Crippen molar-refractivity contribution in [1.29, 1.82) is 0 Å². The number of nitrogens with zero attached hydrogens (tertiary/aromatic N) is 1. The van der Waals surface area contributed by atoms with Crippen LogP contribution in [0.15, 0.2) is 22.7 Å². The Morgan fingerprint density at radius 1 is 1.37 bits per heavy atom. The maximum atomic E-state index is 13.5. The summed E-state index contributed by atoms with van der Waals surface area (Å²) in [6.07, 6.45) is 2.34. The van der Waals surface area contributed by atoms with Crippen molar-refractivity contribution in [3.05, 3.63) is 34.1 Å². The SMILES string of the molecule is CC(C)(C(O)Cc1cccc(F)c1Br)N1CCCC1. The fraction of sp³-hybridized carbons (Fsp3) is 0.600. The van der Waals surface area contributed by atoms with Crippen molar-refractivity contribution >= 4 is 15.9 Å². The number of benzene rings is 1. The van der Waals surface area contributed by atoms with E-state index in [1.54, 1.807) is 6.07 Å². The second-order valence-electron chi connectivity index (χ2n) is 5.78. The van der Waals surface area contributed by atoms with Crippen LogP contribution >= 0.6 is 15.9 Å². The highest BCUT2D eigenvalue weighted by atomic mass is 79.9. The predicted octanol–water partition coefficient (Wildman–Crippen LogP) is 3.37. The van der Waals surface area contributed by atoms with Gasteiger partial charge in [0, 0.05) is 12.0 Å². The molecule has 0 amide bonds. The van der Waals surface area contributed by atoms with Gasteiger partial charge in [0.15, 0.2) is 0 Å². The van der Waals surface area contributed by atoms with Crippen LogP contribution in [-0.2, 0) is 6.42 Å². The van der Waals surface area contributed by atoms with Crippen molar-refractivity contribution in [3.8, 4) is 0 Å². The average molecular weight is 330 g/mol. The van der Waals surface area contributed by atoms with Crippen LogP contribution in [0, 0.1) is 5.82 Å². The molecular weight excluding hydrogens is 309 g/mol. The number of hydrogen-bond donors (Lipinski definition) is 1. The van der Waals surface area contributed by atoms with Crippen LogP contribution in [0.25, 0.3) is 0 Å². The van der Waals surface area contributed by atoms with Crippen molar-refractivity contribution in [2.75, 3.05) is 13.1 Å². The molecule has 106 valence electrons. The van der Waals surface area contributed by atoms with Gasteiger partial charge in [-0.25, -0.2) is 4.39 Å². The van der Waals surface area contributed by atoms with E-state index in [9.17, 15) is 9.50 Å². The van der Waals surface area contributed by atoms with Gasteiger partial charge in [0.25, 0.3) is 0 Å². The number of hydrogen-bond acceptors (Lipinski definition) is 2. The Morgan fingerprint density at radius 2 is 2.00 bits per heavy atom. The zero-order valence-electron chi connectivity index (χ0n) is 11.5. The van der Waals surface area contributed by atoms with Gasteiger partial charge < -0.3 is 5.11 Å². The molecule has 1 atom stereocenters. The highest BCUT2D eigenvalue weighted by Crippen LogP contribution is 2.28. The lowest BCUT2D eigenvalue weighted by Crippen LogP contribution is -2.51. The molecule has 0 bridgehead atoms. The molecule has 0 spiro atoms. The second-order valence-corrected chi connectivity index (χ2v) is 6.57. The fourth-order valence-electron chi connectivity index (χ4n) is 2.67. The van der Waals surface area contributed by atoms with E-state index in [1.807, 2.05) is 6.07 Å². The first-order valence-electron chi connectivity index (χ1n) is 6.79. The summed E-state index contributed by atoms with van der Waals surface area (Å²) in [6, 6.07) is 4.97. The summed E-state index contributed by atoms with van der Waals surface area (Å²) in [5, 5.41) is 10.5. The van der Waals surface area contributed by atoms with Crippen LogP contribution in [0.3, 0.4) is 0 Å². The summed E-state index contributed by atoms with van der Waals surface area (Å²) in [7, 11) is 0. The maximum absolute atomic E-state index is 13.5. The second kappa shape index (κ2) is 5.90. The normalized spacial score (nSPS) is 18.8. The van der Waals surface area contributed by atoms with Gasteiger partial charge in [-0.1, -0.05) is 12.1 Å². The van der Waals surface area contributed by atoms with Gasteiger partial charge in [-0.3, -0.25) is 4.90 Å². The molecule has 19 heavy (non-hydrogen) atoms. The van der Waals surface area contributed by atoms with Crippen molar-refractivity contribution in [2.45, 2.75) is 44.8 Å². The number of rotatable bonds is 4. The van der Waals surface area contributed by atoms with Gasteiger partial charge in [0.2, 0.25) is 0 Å². The Bertz CT molecular complexity index is 444. The minimum Gasteiger partial charge on any atom is -0.391 e. The molecular formula is C15H21BrFNO. The molecule has 1 aliphatic heterocycles. The highest BCUT2D eigenvalue weighted by molar-refractivity contribution is 9.10. The van der Waals surface area contributed by atoms with Gasteiger partial charge in [-0.05, 0) is 67.3 Å². The van der Waals surface area contributed by atoms with Crippen molar-refractivity contribution in [3.63, 3.8) is 0 Å². The Hall–Kier alpha value is -0.450. The van der Waals surface area contributed by atoms with Crippen LogP contribution in [-0.4, -0.2) is 34.7 Å². The van der Waals surface area contributed by atoms with Gasteiger partial charge in [-0.2, -0.15) is 0 Å². The lowest BCUT2D eigenvalue weighted by molar-refractivity contribution is 0.00325. The first kappa shape index (κ1) is 14.9. The summed E-state index contributed by atoms with van der Waals surface area (Å²) in [5.74, 6) is -0.274. The van der Waals surface area contributed by atoms with Crippen LogP contribution in [0.2, 0.25) is 0 Å². The average Bonchev–Trinajstić information content (AvgIpc) is 2.89. The standard InChI is InChI=1S/C15H21BrFNO/c1-15(2,18-8-3-4-9-18)13(19)10-11-6-5-7-12(17)14(11)16/h5-7,13,19H,3-4,8-10H2,1-2H3. The van der Waals surface area contributed by atoms with E-state index in [-0.39, 0.29) is 11.4 Å². The Morgan fingerprint density at radius 3 is 2.63 bits per heavy atom. The topological polar surface area (TPSA) is 23.5 Å².